The Morgan fingerprint density at radius 2 is 1.94 bits per heavy atom. The fourth-order valence-corrected chi connectivity index (χ4v) is 2.28. The maximum Gasteiger partial charge on any atom is 0.270 e. The average molecular weight is 248 g/mol. The number of hydrogen-bond acceptors (Lipinski definition) is 3. The minimum absolute atomic E-state index is 0.0695. The highest BCUT2D eigenvalue weighted by Gasteiger charge is 2.40. The highest BCUT2D eigenvalue weighted by atomic mass is 16.3. The van der Waals surface area contributed by atoms with Crippen LogP contribution < -0.4 is 0 Å². The van der Waals surface area contributed by atoms with Gasteiger partial charge in [0.2, 0.25) is 0 Å². The Labute approximate surface area is 108 Å². The molecule has 0 radical (unpaired) electrons. The van der Waals surface area contributed by atoms with Crippen LogP contribution >= 0.6 is 0 Å². The minimum atomic E-state index is -0.736. The van der Waals surface area contributed by atoms with Crippen LogP contribution in [0.25, 0.3) is 0 Å². The van der Waals surface area contributed by atoms with Crippen molar-refractivity contribution in [3.05, 3.63) is 35.9 Å². The van der Waals surface area contributed by atoms with Gasteiger partial charge in [-0.15, -0.1) is 0 Å². The standard InChI is InChI=1S/C14H20N2O2/c1-10(2)15-9-11(3)13(17)16(15)14(18)12-7-5-4-6-8-12/h4-8,10-11,13,17H,9H2,1-3H3/t11-,13+/m1/s1. The highest BCUT2D eigenvalue weighted by Crippen LogP contribution is 2.26. The lowest BCUT2D eigenvalue weighted by Crippen LogP contribution is -2.48. The number of carbonyl (C=O) groups excluding carboxylic acids is 1. The summed E-state index contributed by atoms with van der Waals surface area (Å²) in [5.41, 5.74) is 0.608. The van der Waals surface area contributed by atoms with E-state index in [0.29, 0.717) is 12.1 Å². The number of carbonyl (C=O) groups is 1. The Morgan fingerprint density at radius 3 is 2.50 bits per heavy atom. The van der Waals surface area contributed by atoms with Gasteiger partial charge in [-0.05, 0) is 26.0 Å². The molecule has 0 aromatic heterocycles. The van der Waals surface area contributed by atoms with Crippen molar-refractivity contribution in [3.63, 3.8) is 0 Å². The average Bonchev–Trinajstić information content (AvgIpc) is 2.66. The van der Waals surface area contributed by atoms with Crippen LogP contribution in [-0.2, 0) is 0 Å². The van der Waals surface area contributed by atoms with E-state index < -0.39 is 6.23 Å². The maximum absolute atomic E-state index is 12.4. The van der Waals surface area contributed by atoms with Gasteiger partial charge in [0.15, 0.2) is 0 Å². The Balaban J connectivity index is 2.27. The van der Waals surface area contributed by atoms with E-state index >= 15 is 0 Å². The van der Waals surface area contributed by atoms with Crippen molar-refractivity contribution in [2.45, 2.75) is 33.0 Å². The van der Waals surface area contributed by atoms with Crippen molar-refractivity contribution >= 4 is 5.91 Å². The molecular weight excluding hydrogens is 228 g/mol. The molecule has 4 heteroatoms. The fraction of sp³-hybridized carbons (Fsp3) is 0.500. The van der Waals surface area contributed by atoms with Gasteiger partial charge in [-0.25, -0.2) is 10.0 Å². The molecule has 1 heterocycles. The molecule has 1 aromatic rings. The van der Waals surface area contributed by atoms with Gasteiger partial charge in [-0.1, -0.05) is 25.1 Å². The predicted octanol–water partition coefficient (Wildman–Crippen LogP) is 1.72. The number of benzene rings is 1. The van der Waals surface area contributed by atoms with Gasteiger partial charge >= 0.3 is 0 Å². The highest BCUT2D eigenvalue weighted by molar-refractivity contribution is 5.94. The fourth-order valence-electron chi connectivity index (χ4n) is 2.28. The van der Waals surface area contributed by atoms with Crippen LogP contribution in [0.1, 0.15) is 31.1 Å². The molecule has 98 valence electrons. The van der Waals surface area contributed by atoms with Crippen molar-refractivity contribution in [2.75, 3.05) is 6.54 Å². The van der Waals surface area contributed by atoms with Gasteiger partial charge < -0.3 is 5.11 Å². The number of aliphatic hydroxyl groups excluding tert-OH is 1. The lowest BCUT2D eigenvalue weighted by molar-refractivity contribution is -0.0741. The van der Waals surface area contributed by atoms with E-state index in [-0.39, 0.29) is 17.9 Å². The van der Waals surface area contributed by atoms with Gasteiger partial charge in [0.05, 0.1) is 0 Å². The number of hydrogen-bond donors (Lipinski definition) is 1. The van der Waals surface area contributed by atoms with Crippen molar-refractivity contribution in [1.82, 2.24) is 10.0 Å². The van der Waals surface area contributed by atoms with Gasteiger partial charge in [0.1, 0.15) is 6.23 Å². The van der Waals surface area contributed by atoms with Gasteiger partial charge in [-0.2, -0.15) is 0 Å². The van der Waals surface area contributed by atoms with Gasteiger partial charge in [0.25, 0.3) is 5.91 Å². The second-order valence-corrected chi connectivity index (χ2v) is 5.12. The smallest absolute Gasteiger partial charge is 0.270 e. The summed E-state index contributed by atoms with van der Waals surface area (Å²) in [5.74, 6) is -0.0683. The summed E-state index contributed by atoms with van der Waals surface area (Å²) in [6.07, 6.45) is -0.736. The first kappa shape index (κ1) is 13.1. The second kappa shape index (κ2) is 5.08. The minimum Gasteiger partial charge on any atom is -0.372 e. The third-order valence-electron chi connectivity index (χ3n) is 3.34. The zero-order valence-electron chi connectivity index (χ0n) is 11.1. The quantitative estimate of drug-likeness (QED) is 0.866. The summed E-state index contributed by atoms with van der Waals surface area (Å²) in [4.78, 5) is 12.4. The summed E-state index contributed by atoms with van der Waals surface area (Å²) in [6, 6.07) is 9.28. The molecule has 1 aromatic carbocycles. The van der Waals surface area contributed by atoms with E-state index in [1.54, 1.807) is 12.1 Å². The molecule has 0 bridgehead atoms. The molecule has 1 N–H and O–H groups in total. The van der Waals surface area contributed by atoms with Crippen LogP contribution in [0.5, 0.6) is 0 Å². The summed E-state index contributed by atoms with van der Waals surface area (Å²) in [5, 5.41) is 13.6. The van der Waals surface area contributed by atoms with Crippen LogP contribution in [0, 0.1) is 5.92 Å². The Bertz CT molecular complexity index is 419. The van der Waals surface area contributed by atoms with E-state index in [1.807, 2.05) is 44.0 Å². The van der Waals surface area contributed by atoms with Crippen molar-refractivity contribution in [2.24, 2.45) is 5.92 Å². The van der Waals surface area contributed by atoms with E-state index in [1.165, 1.54) is 5.01 Å². The maximum atomic E-state index is 12.4. The van der Waals surface area contributed by atoms with Crippen LogP contribution in [0.3, 0.4) is 0 Å². The lowest BCUT2D eigenvalue weighted by atomic mass is 10.1. The molecule has 0 unspecified atom stereocenters. The molecule has 0 aliphatic carbocycles. The van der Waals surface area contributed by atoms with E-state index in [0.717, 1.165) is 0 Å². The summed E-state index contributed by atoms with van der Waals surface area (Å²) >= 11 is 0. The number of nitrogens with zero attached hydrogens (tertiary/aromatic N) is 2. The normalized spacial score (nSPS) is 24.8. The molecule has 2 rings (SSSR count). The topological polar surface area (TPSA) is 43.8 Å². The zero-order valence-corrected chi connectivity index (χ0v) is 11.1. The monoisotopic (exact) mass is 248 g/mol. The molecule has 1 aliphatic rings. The first-order chi connectivity index (χ1) is 8.52. The zero-order chi connectivity index (χ0) is 13.3. The molecule has 0 spiro atoms. The van der Waals surface area contributed by atoms with Crippen LogP contribution in [0.2, 0.25) is 0 Å². The van der Waals surface area contributed by atoms with Gasteiger partial charge in [-0.3, -0.25) is 4.79 Å². The lowest BCUT2D eigenvalue weighted by Gasteiger charge is -2.32. The number of rotatable bonds is 2. The Kier molecular flexibility index (Phi) is 3.68. The molecular formula is C14H20N2O2. The van der Waals surface area contributed by atoms with Crippen molar-refractivity contribution in [3.8, 4) is 0 Å². The Morgan fingerprint density at radius 1 is 1.33 bits per heavy atom. The van der Waals surface area contributed by atoms with E-state index in [4.69, 9.17) is 0 Å². The number of aliphatic hydroxyl groups is 1. The number of hydrazine groups is 1. The van der Waals surface area contributed by atoms with Crippen LogP contribution in [0.15, 0.2) is 30.3 Å². The molecule has 1 fully saturated rings. The van der Waals surface area contributed by atoms with E-state index in [2.05, 4.69) is 0 Å². The third-order valence-corrected chi connectivity index (χ3v) is 3.34. The summed E-state index contributed by atoms with van der Waals surface area (Å²) in [7, 11) is 0. The van der Waals surface area contributed by atoms with Crippen molar-refractivity contribution < 1.29 is 9.90 Å². The van der Waals surface area contributed by atoms with E-state index in [9.17, 15) is 9.90 Å². The Hall–Kier alpha value is -1.39. The molecule has 18 heavy (non-hydrogen) atoms. The first-order valence-electron chi connectivity index (χ1n) is 6.35. The molecule has 4 nitrogen and oxygen atoms in total. The predicted molar refractivity (Wildman–Crippen MR) is 69.6 cm³/mol. The number of amides is 1. The van der Waals surface area contributed by atoms with Crippen molar-refractivity contribution in [1.29, 1.82) is 0 Å². The second-order valence-electron chi connectivity index (χ2n) is 5.12. The largest absolute Gasteiger partial charge is 0.372 e. The molecule has 0 saturated carbocycles. The summed E-state index contributed by atoms with van der Waals surface area (Å²) in [6.45, 7) is 6.71. The molecule has 1 saturated heterocycles. The third kappa shape index (κ3) is 2.26. The van der Waals surface area contributed by atoms with Crippen LogP contribution in [0.4, 0.5) is 0 Å². The van der Waals surface area contributed by atoms with Crippen LogP contribution in [-0.4, -0.2) is 39.8 Å². The summed E-state index contributed by atoms with van der Waals surface area (Å²) < 4.78 is 0. The SMILES string of the molecule is CC(C)N1C[C@@H](C)[C@H](O)N1C(=O)c1ccccc1. The van der Waals surface area contributed by atoms with Gasteiger partial charge in [0, 0.05) is 24.1 Å². The molecule has 1 amide bonds. The molecule has 2 atom stereocenters. The first-order valence-corrected chi connectivity index (χ1v) is 6.35. The molecule has 1 aliphatic heterocycles.